The van der Waals surface area contributed by atoms with Gasteiger partial charge in [-0.25, -0.2) is 8.42 Å². The van der Waals surface area contributed by atoms with Gasteiger partial charge in [-0.2, -0.15) is 0 Å². The van der Waals surface area contributed by atoms with E-state index in [1.54, 1.807) is 25.8 Å². The minimum absolute atomic E-state index is 0.00593. The molecule has 0 bridgehead atoms. The molecule has 2 rings (SSSR count). The Morgan fingerprint density at radius 3 is 2.17 bits per heavy atom. The lowest BCUT2D eigenvalue weighted by atomic mass is 9.88. The average molecular weight is 345 g/mol. The van der Waals surface area contributed by atoms with E-state index in [0.717, 1.165) is 13.1 Å². The number of sulfone groups is 1. The molecule has 23 heavy (non-hydrogen) atoms. The predicted molar refractivity (Wildman–Crippen MR) is 87.7 cm³/mol. The van der Waals surface area contributed by atoms with Gasteiger partial charge in [0.1, 0.15) is 5.41 Å². The lowest BCUT2D eigenvalue weighted by Gasteiger charge is -2.38. The molecular formula is C15H27N3O4S. The molecule has 7 nitrogen and oxygen atoms in total. The summed E-state index contributed by atoms with van der Waals surface area (Å²) in [5, 5.41) is 0. The number of nitrogens with zero attached hydrogens (tertiary/aromatic N) is 3. The highest BCUT2D eigenvalue weighted by Crippen LogP contribution is 2.26. The lowest BCUT2D eigenvalue weighted by Crippen LogP contribution is -2.56. The monoisotopic (exact) mass is 345 g/mol. The minimum atomic E-state index is -3.06. The standard InChI is InChI=1S/C15H27N3O4S/c1-15(2,14(20)18-8-6-16(3)7-9-18)13(19)17(4)12-5-10-23(21,22)11-12/h12H,5-11H2,1-4H3. The smallest absolute Gasteiger partial charge is 0.237 e. The van der Waals surface area contributed by atoms with Gasteiger partial charge in [0.25, 0.3) is 0 Å². The van der Waals surface area contributed by atoms with E-state index in [9.17, 15) is 18.0 Å². The largest absolute Gasteiger partial charge is 0.341 e. The second-order valence-corrected chi connectivity index (χ2v) is 9.42. The molecule has 2 saturated heterocycles. The van der Waals surface area contributed by atoms with Gasteiger partial charge in [0, 0.05) is 39.3 Å². The molecule has 0 radical (unpaired) electrons. The van der Waals surface area contributed by atoms with Crippen LogP contribution in [0.4, 0.5) is 0 Å². The summed E-state index contributed by atoms with van der Waals surface area (Å²) in [6.45, 7) is 6.10. The van der Waals surface area contributed by atoms with E-state index in [-0.39, 0.29) is 29.4 Å². The van der Waals surface area contributed by atoms with E-state index in [1.807, 2.05) is 7.05 Å². The molecule has 0 aromatic heterocycles. The van der Waals surface area contributed by atoms with E-state index in [0.29, 0.717) is 19.5 Å². The molecule has 0 N–H and O–H groups in total. The maximum Gasteiger partial charge on any atom is 0.237 e. The molecule has 0 spiro atoms. The van der Waals surface area contributed by atoms with Gasteiger partial charge in [-0.15, -0.1) is 0 Å². The van der Waals surface area contributed by atoms with E-state index in [1.165, 1.54) is 4.90 Å². The zero-order chi connectivity index (χ0) is 17.4. The Balaban J connectivity index is 2.05. The lowest BCUT2D eigenvalue weighted by molar-refractivity contribution is -0.155. The van der Waals surface area contributed by atoms with Crippen LogP contribution < -0.4 is 0 Å². The van der Waals surface area contributed by atoms with Crippen LogP contribution in [0, 0.1) is 5.41 Å². The van der Waals surface area contributed by atoms with Gasteiger partial charge in [0.15, 0.2) is 9.84 Å². The molecule has 2 heterocycles. The molecule has 2 aliphatic heterocycles. The van der Waals surface area contributed by atoms with Crippen molar-refractivity contribution in [1.82, 2.24) is 14.7 Å². The molecule has 2 fully saturated rings. The van der Waals surface area contributed by atoms with Crippen LogP contribution >= 0.6 is 0 Å². The second kappa shape index (κ2) is 6.39. The van der Waals surface area contributed by atoms with Crippen LogP contribution in [0.2, 0.25) is 0 Å². The van der Waals surface area contributed by atoms with Gasteiger partial charge in [-0.05, 0) is 27.3 Å². The Bertz CT molecular complexity index is 580. The number of likely N-dealkylation sites (N-methyl/N-ethyl adjacent to an activating group) is 1. The van der Waals surface area contributed by atoms with Gasteiger partial charge < -0.3 is 14.7 Å². The van der Waals surface area contributed by atoms with E-state index >= 15 is 0 Å². The van der Waals surface area contributed by atoms with Crippen molar-refractivity contribution in [2.24, 2.45) is 5.41 Å². The first-order valence-corrected chi connectivity index (χ1v) is 9.82. The van der Waals surface area contributed by atoms with Gasteiger partial charge in [0.05, 0.1) is 11.5 Å². The Hall–Kier alpha value is -1.15. The molecular weight excluding hydrogens is 318 g/mol. The summed E-state index contributed by atoms with van der Waals surface area (Å²) in [5.41, 5.74) is -1.17. The predicted octanol–water partition coefficient (Wildman–Crippen LogP) is -0.568. The van der Waals surface area contributed by atoms with Crippen molar-refractivity contribution in [3.8, 4) is 0 Å². The van der Waals surface area contributed by atoms with Crippen molar-refractivity contribution in [2.45, 2.75) is 26.3 Å². The zero-order valence-corrected chi connectivity index (χ0v) is 15.2. The summed E-state index contributed by atoms with van der Waals surface area (Å²) >= 11 is 0. The van der Waals surface area contributed by atoms with E-state index in [2.05, 4.69) is 4.90 Å². The number of carbonyl (C=O) groups is 2. The number of hydrogen-bond acceptors (Lipinski definition) is 5. The van der Waals surface area contributed by atoms with Crippen molar-refractivity contribution < 1.29 is 18.0 Å². The molecule has 0 aromatic rings. The van der Waals surface area contributed by atoms with Crippen LogP contribution in [-0.4, -0.2) is 92.8 Å². The van der Waals surface area contributed by atoms with Crippen LogP contribution in [0.1, 0.15) is 20.3 Å². The SMILES string of the molecule is CN1CCN(C(=O)C(C)(C)C(=O)N(C)C2CCS(=O)(=O)C2)CC1. The van der Waals surface area contributed by atoms with Crippen LogP contribution in [0.25, 0.3) is 0 Å². The highest BCUT2D eigenvalue weighted by molar-refractivity contribution is 7.91. The van der Waals surface area contributed by atoms with Gasteiger partial charge in [-0.3, -0.25) is 9.59 Å². The van der Waals surface area contributed by atoms with Crippen molar-refractivity contribution in [1.29, 1.82) is 0 Å². The first kappa shape index (κ1) is 18.2. The summed E-state index contributed by atoms with van der Waals surface area (Å²) in [7, 11) is 0.549. The number of rotatable bonds is 3. The molecule has 0 aliphatic carbocycles. The Morgan fingerprint density at radius 1 is 1.13 bits per heavy atom. The number of hydrogen-bond donors (Lipinski definition) is 0. The Labute approximate surface area is 138 Å². The quantitative estimate of drug-likeness (QED) is 0.640. The fourth-order valence-corrected chi connectivity index (χ4v) is 4.96. The minimum Gasteiger partial charge on any atom is -0.341 e. The number of piperazine rings is 1. The normalized spacial score (nSPS) is 25.4. The van der Waals surface area contributed by atoms with Crippen LogP contribution in [0.15, 0.2) is 0 Å². The van der Waals surface area contributed by atoms with E-state index < -0.39 is 15.3 Å². The third kappa shape index (κ3) is 3.85. The number of amides is 2. The molecule has 2 aliphatic rings. The highest BCUT2D eigenvalue weighted by atomic mass is 32.2. The maximum atomic E-state index is 12.8. The molecule has 0 aromatic carbocycles. The first-order chi connectivity index (χ1) is 10.5. The molecule has 8 heteroatoms. The molecule has 2 amide bonds. The Kier molecular flexibility index (Phi) is 5.06. The fourth-order valence-electron chi connectivity index (χ4n) is 3.18. The average Bonchev–Trinajstić information content (AvgIpc) is 2.85. The van der Waals surface area contributed by atoms with Crippen LogP contribution in [0.5, 0.6) is 0 Å². The van der Waals surface area contributed by atoms with Crippen molar-refractivity contribution in [2.75, 3.05) is 51.8 Å². The number of carbonyl (C=O) groups excluding carboxylic acids is 2. The van der Waals surface area contributed by atoms with Gasteiger partial charge in [-0.1, -0.05) is 0 Å². The van der Waals surface area contributed by atoms with Crippen molar-refractivity contribution in [3.63, 3.8) is 0 Å². The first-order valence-electron chi connectivity index (χ1n) is 8.00. The summed E-state index contributed by atoms with van der Waals surface area (Å²) in [6, 6.07) is -0.327. The third-order valence-electron chi connectivity index (χ3n) is 4.94. The topological polar surface area (TPSA) is 78.0 Å². The highest BCUT2D eigenvalue weighted by Gasteiger charge is 2.44. The van der Waals surface area contributed by atoms with Crippen molar-refractivity contribution >= 4 is 21.7 Å². The fraction of sp³-hybridized carbons (Fsp3) is 0.867. The van der Waals surface area contributed by atoms with Gasteiger partial charge >= 0.3 is 0 Å². The molecule has 132 valence electrons. The summed E-state index contributed by atoms with van der Waals surface area (Å²) in [5.74, 6) is -0.373. The van der Waals surface area contributed by atoms with E-state index in [4.69, 9.17) is 0 Å². The van der Waals surface area contributed by atoms with Crippen molar-refractivity contribution in [3.05, 3.63) is 0 Å². The maximum absolute atomic E-state index is 12.8. The molecule has 1 atom stereocenters. The third-order valence-corrected chi connectivity index (χ3v) is 6.69. The van der Waals surface area contributed by atoms with Gasteiger partial charge in [0.2, 0.25) is 11.8 Å². The molecule has 0 saturated carbocycles. The molecule has 1 unspecified atom stereocenters. The van der Waals surface area contributed by atoms with Crippen LogP contribution in [0.3, 0.4) is 0 Å². The Morgan fingerprint density at radius 2 is 1.70 bits per heavy atom. The zero-order valence-electron chi connectivity index (χ0n) is 14.4. The summed E-state index contributed by atoms with van der Waals surface area (Å²) in [6.07, 6.45) is 0.448. The van der Waals surface area contributed by atoms with Crippen LogP contribution in [-0.2, 0) is 19.4 Å². The summed E-state index contributed by atoms with van der Waals surface area (Å²) < 4.78 is 23.2. The summed E-state index contributed by atoms with van der Waals surface area (Å²) in [4.78, 5) is 30.9. The second-order valence-electron chi connectivity index (χ2n) is 7.19.